The summed E-state index contributed by atoms with van der Waals surface area (Å²) in [5.41, 5.74) is 3.52. The maximum atomic E-state index is 12.4. The summed E-state index contributed by atoms with van der Waals surface area (Å²) in [6.07, 6.45) is 0.995. The summed E-state index contributed by atoms with van der Waals surface area (Å²) in [6, 6.07) is 18.4. The number of carbonyl (C=O) groups is 1. The molecule has 1 heteroatoms. The fraction of sp³-hybridized carbons (Fsp3) is 0.316. The van der Waals surface area contributed by atoms with Gasteiger partial charge in [-0.3, -0.25) is 4.79 Å². The zero-order valence-corrected chi connectivity index (χ0v) is 12.0. The summed E-state index contributed by atoms with van der Waals surface area (Å²) in [6.45, 7) is 4.40. The lowest BCUT2D eigenvalue weighted by atomic mass is 9.98. The summed E-state index contributed by atoms with van der Waals surface area (Å²) < 4.78 is 0. The lowest BCUT2D eigenvalue weighted by Gasteiger charge is -2.06. The van der Waals surface area contributed by atoms with Crippen LogP contribution in [0.4, 0.5) is 0 Å². The molecule has 2 unspecified atom stereocenters. The van der Waals surface area contributed by atoms with Gasteiger partial charge in [0.15, 0.2) is 5.78 Å². The van der Waals surface area contributed by atoms with E-state index in [1.807, 2.05) is 30.3 Å². The predicted octanol–water partition coefficient (Wildman–Crippen LogP) is 4.80. The molecule has 0 radical (unpaired) electrons. The number of carbonyl (C=O) groups excluding carboxylic acids is 1. The average molecular weight is 264 g/mol. The largest absolute Gasteiger partial charge is 0.294 e. The van der Waals surface area contributed by atoms with E-state index in [-0.39, 0.29) is 5.92 Å². The fourth-order valence-corrected chi connectivity index (χ4v) is 2.80. The van der Waals surface area contributed by atoms with Crippen LogP contribution in [-0.4, -0.2) is 5.78 Å². The van der Waals surface area contributed by atoms with Crippen molar-refractivity contribution >= 4 is 5.78 Å². The molecule has 0 amide bonds. The Bertz CT molecular complexity index is 595. The van der Waals surface area contributed by atoms with Gasteiger partial charge in [-0.1, -0.05) is 68.4 Å². The van der Waals surface area contributed by atoms with Crippen LogP contribution >= 0.6 is 0 Å². The summed E-state index contributed by atoms with van der Waals surface area (Å²) in [5, 5.41) is 0. The van der Waals surface area contributed by atoms with Crippen LogP contribution in [0.1, 0.15) is 53.6 Å². The molecule has 2 aromatic rings. The Balaban J connectivity index is 1.71. The number of benzene rings is 2. The third-order valence-corrected chi connectivity index (χ3v) is 4.22. The number of Topliss-reactive ketones (excluding diaryl/α,β-unsaturated/α-hetero) is 1. The van der Waals surface area contributed by atoms with E-state index >= 15 is 0 Å². The topological polar surface area (TPSA) is 17.1 Å². The molecule has 102 valence electrons. The minimum absolute atomic E-state index is 0.183. The van der Waals surface area contributed by atoms with Crippen LogP contribution in [0.15, 0.2) is 54.6 Å². The van der Waals surface area contributed by atoms with Gasteiger partial charge < -0.3 is 0 Å². The fourth-order valence-electron chi connectivity index (χ4n) is 2.80. The van der Waals surface area contributed by atoms with Gasteiger partial charge in [0.1, 0.15) is 0 Å². The summed E-state index contributed by atoms with van der Waals surface area (Å²) in [7, 11) is 0. The number of hydrogen-bond donors (Lipinski definition) is 0. The SMILES string of the molecule is CC(C)c1ccc(C2CC2C(=O)c2ccccc2)cc1. The van der Waals surface area contributed by atoms with Crippen molar-refractivity contribution in [2.45, 2.75) is 32.1 Å². The van der Waals surface area contributed by atoms with E-state index in [1.54, 1.807) is 0 Å². The minimum Gasteiger partial charge on any atom is -0.294 e. The molecule has 0 saturated heterocycles. The van der Waals surface area contributed by atoms with Crippen molar-refractivity contribution in [3.63, 3.8) is 0 Å². The van der Waals surface area contributed by atoms with Gasteiger partial charge in [0.05, 0.1) is 0 Å². The molecule has 0 aliphatic heterocycles. The smallest absolute Gasteiger partial charge is 0.166 e. The quantitative estimate of drug-likeness (QED) is 0.725. The standard InChI is InChI=1S/C19H20O/c1-13(2)14-8-10-15(11-9-14)17-12-18(17)19(20)16-6-4-3-5-7-16/h3-11,13,17-18H,12H2,1-2H3. The third-order valence-electron chi connectivity index (χ3n) is 4.22. The number of hydrogen-bond acceptors (Lipinski definition) is 1. The first kappa shape index (κ1) is 13.1. The molecule has 0 heterocycles. The van der Waals surface area contributed by atoms with Gasteiger partial charge in [-0.15, -0.1) is 0 Å². The van der Waals surface area contributed by atoms with Gasteiger partial charge >= 0.3 is 0 Å². The molecule has 0 N–H and O–H groups in total. The first-order valence-electron chi connectivity index (χ1n) is 7.36. The van der Waals surface area contributed by atoms with Crippen LogP contribution in [0.3, 0.4) is 0 Å². The highest BCUT2D eigenvalue weighted by Crippen LogP contribution is 2.49. The highest BCUT2D eigenvalue weighted by molar-refractivity contribution is 6.00. The Labute approximate surface area is 120 Å². The van der Waals surface area contributed by atoms with Crippen molar-refractivity contribution in [1.29, 1.82) is 0 Å². The first-order chi connectivity index (χ1) is 9.66. The first-order valence-corrected chi connectivity index (χ1v) is 7.36. The lowest BCUT2D eigenvalue weighted by molar-refractivity contribution is 0.0965. The Morgan fingerprint density at radius 1 is 1.00 bits per heavy atom. The van der Waals surface area contributed by atoms with Crippen LogP contribution in [0.5, 0.6) is 0 Å². The lowest BCUT2D eigenvalue weighted by Crippen LogP contribution is -2.02. The Morgan fingerprint density at radius 3 is 2.25 bits per heavy atom. The van der Waals surface area contributed by atoms with Gasteiger partial charge in [-0.05, 0) is 29.4 Å². The monoisotopic (exact) mass is 264 g/mol. The molecule has 1 saturated carbocycles. The highest BCUT2D eigenvalue weighted by Gasteiger charge is 2.43. The van der Waals surface area contributed by atoms with E-state index in [0.717, 1.165) is 12.0 Å². The minimum atomic E-state index is 0.183. The van der Waals surface area contributed by atoms with E-state index in [1.165, 1.54) is 11.1 Å². The van der Waals surface area contributed by atoms with E-state index in [2.05, 4.69) is 38.1 Å². The van der Waals surface area contributed by atoms with Crippen molar-refractivity contribution < 1.29 is 4.79 Å². The van der Waals surface area contributed by atoms with E-state index in [0.29, 0.717) is 17.6 Å². The van der Waals surface area contributed by atoms with Crippen molar-refractivity contribution in [3.8, 4) is 0 Å². The molecular weight excluding hydrogens is 244 g/mol. The van der Waals surface area contributed by atoms with Crippen LogP contribution in [0.25, 0.3) is 0 Å². The van der Waals surface area contributed by atoms with Crippen LogP contribution in [0, 0.1) is 5.92 Å². The van der Waals surface area contributed by atoms with Crippen molar-refractivity contribution in [2.24, 2.45) is 5.92 Å². The van der Waals surface area contributed by atoms with Gasteiger partial charge in [0.2, 0.25) is 0 Å². The molecule has 20 heavy (non-hydrogen) atoms. The van der Waals surface area contributed by atoms with Crippen molar-refractivity contribution in [1.82, 2.24) is 0 Å². The molecular formula is C19H20O. The normalized spacial score (nSPS) is 20.9. The Morgan fingerprint density at radius 2 is 1.65 bits per heavy atom. The van der Waals surface area contributed by atoms with Crippen LogP contribution in [0.2, 0.25) is 0 Å². The Hall–Kier alpha value is -1.89. The van der Waals surface area contributed by atoms with Crippen LogP contribution < -0.4 is 0 Å². The zero-order valence-electron chi connectivity index (χ0n) is 12.0. The molecule has 2 atom stereocenters. The molecule has 1 aliphatic carbocycles. The Kier molecular flexibility index (Phi) is 3.43. The highest BCUT2D eigenvalue weighted by atomic mass is 16.1. The number of ketones is 1. The number of rotatable bonds is 4. The van der Waals surface area contributed by atoms with Gasteiger partial charge in [-0.2, -0.15) is 0 Å². The molecule has 0 spiro atoms. The summed E-state index contributed by atoms with van der Waals surface area (Å²) >= 11 is 0. The molecule has 1 fully saturated rings. The van der Waals surface area contributed by atoms with E-state index < -0.39 is 0 Å². The molecule has 3 rings (SSSR count). The maximum absolute atomic E-state index is 12.4. The molecule has 0 aromatic heterocycles. The predicted molar refractivity (Wildman–Crippen MR) is 82.2 cm³/mol. The third kappa shape index (κ3) is 2.53. The van der Waals surface area contributed by atoms with Gasteiger partial charge in [0, 0.05) is 11.5 Å². The average Bonchev–Trinajstić information content (AvgIpc) is 3.28. The van der Waals surface area contributed by atoms with E-state index in [4.69, 9.17) is 0 Å². The summed E-state index contributed by atoms with van der Waals surface area (Å²) in [4.78, 5) is 12.4. The molecule has 2 aromatic carbocycles. The van der Waals surface area contributed by atoms with E-state index in [9.17, 15) is 4.79 Å². The van der Waals surface area contributed by atoms with Crippen molar-refractivity contribution in [2.75, 3.05) is 0 Å². The maximum Gasteiger partial charge on any atom is 0.166 e. The van der Waals surface area contributed by atoms with Gasteiger partial charge in [0.25, 0.3) is 0 Å². The van der Waals surface area contributed by atoms with Crippen LogP contribution in [-0.2, 0) is 0 Å². The second-order valence-electron chi connectivity index (χ2n) is 6.00. The second-order valence-corrected chi connectivity index (χ2v) is 6.00. The molecule has 1 aliphatic rings. The zero-order chi connectivity index (χ0) is 14.1. The van der Waals surface area contributed by atoms with Crippen molar-refractivity contribution in [3.05, 3.63) is 71.3 Å². The second kappa shape index (κ2) is 5.24. The van der Waals surface area contributed by atoms with Gasteiger partial charge in [-0.25, -0.2) is 0 Å². The molecule has 1 nitrogen and oxygen atoms in total. The summed E-state index contributed by atoms with van der Waals surface area (Å²) in [5.74, 6) is 1.46. The molecule has 0 bridgehead atoms.